The summed E-state index contributed by atoms with van der Waals surface area (Å²) in [4.78, 5) is 22.8. The van der Waals surface area contributed by atoms with Crippen molar-refractivity contribution in [1.29, 1.82) is 0 Å². The molecule has 1 aliphatic rings. The quantitative estimate of drug-likeness (QED) is 0.402. The second kappa shape index (κ2) is 6.44. The van der Waals surface area contributed by atoms with Gasteiger partial charge < -0.3 is 22.1 Å². The maximum Gasteiger partial charge on any atom is 0.236 e. The first-order valence-electron chi connectivity index (χ1n) is 5.68. The molecule has 0 spiro atoms. The van der Waals surface area contributed by atoms with Gasteiger partial charge in [-0.3, -0.25) is 9.59 Å². The molecule has 6 nitrogen and oxygen atoms in total. The molecule has 1 unspecified atom stereocenters. The maximum absolute atomic E-state index is 11.4. The summed E-state index contributed by atoms with van der Waals surface area (Å²) in [5.41, 5.74) is 11.3. The highest BCUT2D eigenvalue weighted by atomic mass is 16.2. The summed E-state index contributed by atoms with van der Waals surface area (Å²) < 4.78 is 0. The topological polar surface area (TPSA) is 110 Å². The first kappa shape index (κ1) is 12.9. The van der Waals surface area contributed by atoms with Gasteiger partial charge in [-0.05, 0) is 25.7 Å². The van der Waals surface area contributed by atoms with Crippen LogP contribution < -0.4 is 22.1 Å². The van der Waals surface area contributed by atoms with Crippen LogP contribution >= 0.6 is 0 Å². The maximum atomic E-state index is 11.4. The lowest BCUT2D eigenvalue weighted by atomic mass is 10.1. The van der Waals surface area contributed by atoms with E-state index >= 15 is 0 Å². The first-order chi connectivity index (χ1) is 7.61. The molecule has 0 aliphatic carbocycles. The summed E-state index contributed by atoms with van der Waals surface area (Å²) in [7, 11) is 0. The summed E-state index contributed by atoms with van der Waals surface area (Å²) in [6.07, 6.45) is 2.52. The molecule has 6 heteroatoms. The molecule has 1 rings (SSSR count). The number of nitrogens with two attached hydrogens (primary N) is 2. The van der Waals surface area contributed by atoms with Gasteiger partial charge in [0.2, 0.25) is 11.8 Å². The van der Waals surface area contributed by atoms with E-state index in [0.717, 1.165) is 0 Å². The van der Waals surface area contributed by atoms with Gasteiger partial charge in [0.25, 0.3) is 0 Å². The Morgan fingerprint density at radius 1 is 0.875 bits per heavy atom. The second-order valence-electron chi connectivity index (χ2n) is 4.08. The van der Waals surface area contributed by atoms with Crippen LogP contribution in [0.25, 0.3) is 0 Å². The summed E-state index contributed by atoms with van der Waals surface area (Å²) in [6.45, 7) is 1.04. The Balaban J connectivity index is 2.45. The first-order valence-corrected chi connectivity index (χ1v) is 5.68. The number of rotatable bonds is 0. The molecule has 0 radical (unpaired) electrons. The zero-order valence-corrected chi connectivity index (χ0v) is 9.37. The van der Waals surface area contributed by atoms with Gasteiger partial charge in [0.1, 0.15) is 0 Å². The fraction of sp³-hybridized carbons (Fsp3) is 0.800. The highest BCUT2D eigenvalue weighted by molar-refractivity contribution is 5.82. The molecule has 1 heterocycles. The van der Waals surface area contributed by atoms with E-state index in [9.17, 15) is 9.59 Å². The second-order valence-corrected chi connectivity index (χ2v) is 4.08. The number of carbonyl (C=O) groups is 2. The van der Waals surface area contributed by atoms with Crippen molar-refractivity contribution in [3.05, 3.63) is 0 Å². The molecule has 2 amide bonds. The fourth-order valence-corrected chi connectivity index (χ4v) is 1.59. The fourth-order valence-electron chi connectivity index (χ4n) is 1.59. The minimum atomic E-state index is -0.481. The lowest BCUT2D eigenvalue weighted by molar-refractivity contribution is -0.122. The summed E-state index contributed by atoms with van der Waals surface area (Å²) in [6, 6.07) is -0.963. The Morgan fingerprint density at radius 2 is 1.25 bits per heavy atom. The van der Waals surface area contributed by atoms with Crippen LogP contribution in [0.15, 0.2) is 0 Å². The third-order valence-electron chi connectivity index (χ3n) is 2.66. The van der Waals surface area contributed by atoms with Crippen LogP contribution in [-0.2, 0) is 9.59 Å². The lowest BCUT2D eigenvalue weighted by Gasteiger charge is -2.16. The van der Waals surface area contributed by atoms with Gasteiger partial charge in [-0.15, -0.1) is 0 Å². The van der Waals surface area contributed by atoms with Crippen molar-refractivity contribution < 1.29 is 9.59 Å². The van der Waals surface area contributed by atoms with Crippen molar-refractivity contribution in [1.82, 2.24) is 10.6 Å². The van der Waals surface area contributed by atoms with Crippen LogP contribution in [-0.4, -0.2) is 37.0 Å². The molecule has 0 aromatic carbocycles. The van der Waals surface area contributed by atoms with Crippen molar-refractivity contribution in [2.75, 3.05) is 13.1 Å². The molecule has 0 bridgehead atoms. The molecule has 2 atom stereocenters. The molecule has 16 heavy (non-hydrogen) atoms. The minimum Gasteiger partial charge on any atom is -0.355 e. The average Bonchev–Trinajstić information content (AvgIpc) is 2.27. The van der Waals surface area contributed by atoms with E-state index in [0.29, 0.717) is 38.8 Å². The number of amides is 2. The van der Waals surface area contributed by atoms with E-state index in [-0.39, 0.29) is 11.8 Å². The predicted octanol–water partition coefficient (Wildman–Crippen LogP) is -1.55. The zero-order chi connectivity index (χ0) is 12.0. The highest BCUT2D eigenvalue weighted by Crippen LogP contribution is 1.98. The number of hydrogen-bond donors (Lipinski definition) is 4. The van der Waals surface area contributed by atoms with Gasteiger partial charge in [-0.2, -0.15) is 0 Å². The summed E-state index contributed by atoms with van der Waals surface area (Å²) in [5, 5.41) is 5.47. The van der Waals surface area contributed by atoms with Gasteiger partial charge in [-0.1, -0.05) is 0 Å². The van der Waals surface area contributed by atoms with Gasteiger partial charge in [0.05, 0.1) is 12.1 Å². The molecule has 1 aliphatic heterocycles. The molecule has 1 saturated heterocycles. The Hall–Kier alpha value is -1.14. The Kier molecular flexibility index (Phi) is 5.21. The van der Waals surface area contributed by atoms with E-state index in [4.69, 9.17) is 11.5 Å². The molecular weight excluding hydrogens is 208 g/mol. The third-order valence-corrected chi connectivity index (χ3v) is 2.66. The van der Waals surface area contributed by atoms with E-state index in [1.807, 2.05) is 0 Å². The summed E-state index contributed by atoms with van der Waals surface area (Å²) >= 11 is 0. The van der Waals surface area contributed by atoms with Crippen LogP contribution in [0, 0.1) is 0 Å². The highest BCUT2D eigenvalue weighted by Gasteiger charge is 2.16. The van der Waals surface area contributed by atoms with E-state index < -0.39 is 12.1 Å². The largest absolute Gasteiger partial charge is 0.355 e. The van der Waals surface area contributed by atoms with Crippen LogP contribution in [0.1, 0.15) is 25.7 Å². The predicted molar refractivity (Wildman–Crippen MR) is 60.4 cm³/mol. The number of hydrogen-bond acceptors (Lipinski definition) is 4. The summed E-state index contributed by atoms with van der Waals surface area (Å²) in [5.74, 6) is -0.249. The molecule has 0 aromatic rings. The van der Waals surface area contributed by atoms with E-state index in [1.54, 1.807) is 0 Å². The average molecular weight is 228 g/mol. The van der Waals surface area contributed by atoms with Crippen LogP contribution in [0.5, 0.6) is 0 Å². The van der Waals surface area contributed by atoms with E-state index in [1.165, 1.54) is 0 Å². The van der Waals surface area contributed by atoms with Gasteiger partial charge >= 0.3 is 0 Å². The van der Waals surface area contributed by atoms with Crippen LogP contribution in [0.2, 0.25) is 0 Å². The Morgan fingerprint density at radius 3 is 1.62 bits per heavy atom. The van der Waals surface area contributed by atoms with E-state index in [2.05, 4.69) is 10.6 Å². The SMILES string of the molecule is NC1CCCNC(=O)[C@H](N)CCCNC1=O. The Labute approximate surface area is 95.1 Å². The number of nitrogens with one attached hydrogen (secondary N) is 2. The monoisotopic (exact) mass is 228 g/mol. The van der Waals surface area contributed by atoms with Crippen molar-refractivity contribution in [2.45, 2.75) is 37.8 Å². The van der Waals surface area contributed by atoms with Crippen LogP contribution in [0.4, 0.5) is 0 Å². The molecule has 92 valence electrons. The van der Waals surface area contributed by atoms with Gasteiger partial charge in [-0.25, -0.2) is 0 Å². The molecule has 6 N–H and O–H groups in total. The normalized spacial score (nSPS) is 29.6. The van der Waals surface area contributed by atoms with Gasteiger partial charge in [0.15, 0.2) is 0 Å². The van der Waals surface area contributed by atoms with Crippen molar-refractivity contribution >= 4 is 11.8 Å². The molecule has 0 saturated carbocycles. The molecular formula is C10H20N4O2. The zero-order valence-electron chi connectivity index (χ0n) is 9.37. The van der Waals surface area contributed by atoms with Gasteiger partial charge in [0, 0.05) is 13.1 Å². The Bertz CT molecular complexity index is 231. The minimum absolute atomic E-state index is 0.125. The third kappa shape index (κ3) is 4.16. The van der Waals surface area contributed by atoms with Crippen molar-refractivity contribution in [3.63, 3.8) is 0 Å². The molecule has 1 fully saturated rings. The standard InChI is InChI=1S/C10H20N4O2/c11-7-3-1-5-13-10(16)8(12)4-2-6-14-9(7)15/h7-8H,1-6,11-12H2,(H,13,16)(H,14,15)/t7-,8?/m1/s1. The molecule has 0 aromatic heterocycles. The van der Waals surface area contributed by atoms with Crippen molar-refractivity contribution in [2.24, 2.45) is 11.5 Å². The smallest absolute Gasteiger partial charge is 0.236 e. The van der Waals surface area contributed by atoms with Crippen molar-refractivity contribution in [3.8, 4) is 0 Å². The lowest BCUT2D eigenvalue weighted by Crippen LogP contribution is -2.45. The van der Waals surface area contributed by atoms with Crippen LogP contribution in [0.3, 0.4) is 0 Å². The number of carbonyl (C=O) groups excluding carboxylic acids is 2.